The summed E-state index contributed by atoms with van der Waals surface area (Å²) in [7, 11) is 2.15. The predicted octanol–water partition coefficient (Wildman–Crippen LogP) is 3.90. The van der Waals surface area contributed by atoms with Gasteiger partial charge in [0.25, 0.3) is 5.91 Å². The lowest BCUT2D eigenvalue weighted by Crippen LogP contribution is -2.37. The predicted molar refractivity (Wildman–Crippen MR) is 100 cm³/mol. The summed E-state index contributed by atoms with van der Waals surface area (Å²) in [5, 5.41) is 0. The molecule has 0 unspecified atom stereocenters. The first-order valence-corrected chi connectivity index (χ1v) is 9.07. The van der Waals surface area contributed by atoms with Crippen molar-refractivity contribution in [1.29, 1.82) is 0 Å². The van der Waals surface area contributed by atoms with Crippen LogP contribution in [0.2, 0.25) is 0 Å². The second kappa shape index (κ2) is 7.79. The Hall–Kier alpha value is -2.20. The van der Waals surface area contributed by atoms with Crippen LogP contribution in [0.15, 0.2) is 48.7 Å². The molecule has 1 amide bonds. The van der Waals surface area contributed by atoms with Crippen molar-refractivity contribution < 1.29 is 4.79 Å². The molecular weight excluding hydrogens is 310 g/mol. The first kappa shape index (κ1) is 17.6. The van der Waals surface area contributed by atoms with Crippen LogP contribution in [-0.2, 0) is 6.54 Å². The maximum absolute atomic E-state index is 13.1. The maximum atomic E-state index is 13.1. The van der Waals surface area contributed by atoms with Gasteiger partial charge >= 0.3 is 0 Å². The van der Waals surface area contributed by atoms with Crippen LogP contribution < -0.4 is 0 Å². The Kier molecular flexibility index (Phi) is 5.49. The Bertz CT molecular complexity index is 714. The van der Waals surface area contributed by atoms with Crippen molar-refractivity contribution >= 4 is 5.91 Å². The highest BCUT2D eigenvalue weighted by Gasteiger charge is 2.25. The van der Waals surface area contributed by atoms with Crippen molar-refractivity contribution in [3.63, 3.8) is 0 Å². The normalized spacial score (nSPS) is 17.8. The van der Waals surface area contributed by atoms with Gasteiger partial charge < -0.3 is 4.90 Å². The minimum absolute atomic E-state index is 0.00125. The first-order chi connectivity index (χ1) is 12.1. The van der Waals surface area contributed by atoms with Crippen molar-refractivity contribution in [2.45, 2.75) is 45.3 Å². The van der Waals surface area contributed by atoms with Gasteiger partial charge in [0.1, 0.15) is 5.69 Å². The fourth-order valence-corrected chi connectivity index (χ4v) is 3.52. The molecule has 25 heavy (non-hydrogen) atoms. The third-order valence-corrected chi connectivity index (χ3v) is 4.99. The zero-order valence-electron chi connectivity index (χ0n) is 15.4. The van der Waals surface area contributed by atoms with Gasteiger partial charge in [0.2, 0.25) is 0 Å². The molecule has 0 radical (unpaired) electrons. The quantitative estimate of drug-likeness (QED) is 0.830. The summed E-state index contributed by atoms with van der Waals surface area (Å²) in [6, 6.07) is 14.7. The topological polar surface area (TPSA) is 36.4 Å². The monoisotopic (exact) mass is 337 g/mol. The molecule has 4 heteroatoms. The molecule has 2 heterocycles. The standard InChI is InChI=1S/C21H27N3O/c1-16(2)24(15-17-8-5-4-6-9-17)21(25)19-14-18(11-12-22-19)20-10-7-13-23(20)3/h4-6,8-9,11-12,14,16,20H,7,10,13,15H2,1-3H3/t20-/m0/s1. The molecule has 4 nitrogen and oxygen atoms in total. The van der Waals surface area contributed by atoms with Gasteiger partial charge in [-0.1, -0.05) is 30.3 Å². The lowest BCUT2D eigenvalue weighted by molar-refractivity contribution is 0.0684. The molecule has 2 aromatic rings. The Morgan fingerprint density at radius 2 is 2.04 bits per heavy atom. The molecule has 132 valence electrons. The van der Waals surface area contributed by atoms with Crippen molar-refractivity contribution in [3.8, 4) is 0 Å². The molecule has 3 rings (SSSR count). The molecule has 0 spiro atoms. The van der Waals surface area contributed by atoms with Crippen LogP contribution in [0.25, 0.3) is 0 Å². The third-order valence-electron chi connectivity index (χ3n) is 4.99. The molecule has 1 aliphatic heterocycles. The summed E-state index contributed by atoms with van der Waals surface area (Å²) in [4.78, 5) is 21.7. The van der Waals surface area contributed by atoms with E-state index in [2.05, 4.69) is 42.9 Å². The van der Waals surface area contributed by atoms with Gasteiger partial charge in [0.05, 0.1) is 0 Å². The molecular formula is C21H27N3O. The summed E-state index contributed by atoms with van der Waals surface area (Å²) < 4.78 is 0. The summed E-state index contributed by atoms with van der Waals surface area (Å²) >= 11 is 0. The molecule has 1 atom stereocenters. The van der Waals surface area contributed by atoms with E-state index in [0.29, 0.717) is 18.3 Å². The van der Waals surface area contributed by atoms with Gasteiger partial charge in [0, 0.05) is 24.8 Å². The molecule has 1 saturated heterocycles. The van der Waals surface area contributed by atoms with Crippen LogP contribution in [0, 0.1) is 0 Å². The number of carbonyl (C=O) groups excluding carboxylic acids is 1. The minimum atomic E-state index is 0.00125. The van der Waals surface area contributed by atoms with E-state index in [-0.39, 0.29) is 11.9 Å². The molecule has 0 saturated carbocycles. The van der Waals surface area contributed by atoms with Crippen molar-refractivity contribution in [2.24, 2.45) is 0 Å². The van der Waals surface area contributed by atoms with Gasteiger partial charge in [-0.25, -0.2) is 0 Å². The van der Waals surface area contributed by atoms with Crippen LogP contribution in [0.3, 0.4) is 0 Å². The van der Waals surface area contributed by atoms with Crippen LogP contribution >= 0.6 is 0 Å². The maximum Gasteiger partial charge on any atom is 0.272 e. The van der Waals surface area contributed by atoms with Gasteiger partial charge in [0.15, 0.2) is 0 Å². The third kappa shape index (κ3) is 4.07. The van der Waals surface area contributed by atoms with Gasteiger partial charge in [-0.3, -0.25) is 14.7 Å². The van der Waals surface area contributed by atoms with E-state index in [0.717, 1.165) is 18.5 Å². The SMILES string of the molecule is CC(C)N(Cc1ccccc1)C(=O)c1cc([C@@H]2CCCN2C)ccn1. The Morgan fingerprint density at radius 1 is 1.28 bits per heavy atom. The molecule has 0 N–H and O–H groups in total. The Balaban J connectivity index is 1.82. The second-order valence-corrected chi connectivity index (χ2v) is 7.13. The number of carbonyl (C=O) groups is 1. The highest BCUT2D eigenvalue weighted by Crippen LogP contribution is 2.30. The lowest BCUT2D eigenvalue weighted by atomic mass is 10.0. The van der Waals surface area contributed by atoms with Crippen LogP contribution in [-0.4, -0.2) is 40.3 Å². The summed E-state index contributed by atoms with van der Waals surface area (Å²) in [6.07, 6.45) is 4.13. The van der Waals surface area contributed by atoms with Crippen LogP contribution in [0.1, 0.15) is 54.3 Å². The van der Waals surface area contributed by atoms with Crippen LogP contribution in [0.5, 0.6) is 0 Å². The molecule has 0 bridgehead atoms. The van der Waals surface area contributed by atoms with Gasteiger partial charge in [-0.05, 0) is 63.5 Å². The van der Waals surface area contributed by atoms with Gasteiger partial charge in [-0.15, -0.1) is 0 Å². The van der Waals surface area contributed by atoms with Crippen molar-refractivity contribution in [1.82, 2.24) is 14.8 Å². The molecule has 1 fully saturated rings. The molecule has 0 aliphatic carbocycles. The fourth-order valence-electron chi connectivity index (χ4n) is 3.52. The smallest absolute Gasteiger partial charge is 0.272 e. The largest absolute Gasteiger partial charge is 0.331 e. The fraction of sp³-hybridized carbons (Fsp3) is 0.429. The summed E-state index contributed by atoms with van der Waals surface area (Å²) in [5.41, 5.74) is 2.88. The zero-order valence-corrected chi connectivity index (χ0v) is 15.4. The average molecular weight is 337 g/mol. The Morgan fingerprint density at radius 3 is 2.68 bits per heavy atom. The Labute approximate surface area is 150 Å². The van der Waals surface area contributed by atoms with Crippen molar-refractivity contribution in [3.05, 3.63) is 65.5 Å². The lowest BCUT2D eigenvalue weighted by Gasteiger charge is -2.27. The number of likely N-dealkylation sites (tertiary alicyclic amines) is 1. The highest BCUT2D eigenvalue weighted by molar-refractivity contribution is 5.92. The zero-order chi connectivity index (χ0) is 17.8. The van der Waals surface area contributed by atoms with E-state index in [4.69, 9.17) is 0 Å². The number of benzene rings is 1. The highest BCUT2D eigenvalue weighted by atomic mass is 16.2. The number of pyridine rings is 1. The number of rotatable bonds is 5. The van der Waals surface area contributed by atoms with E-state index < -0.39 is 0 Å². The summed E-state index contributed by atoms with van der Waals surface area (Å²) in [5.74, 6) is 0.00125. The molecule has 1 aliphatic rings. The van der Waals surface area contributed by atoms with Crippen LogP contribution in [0.4, 0.5) is 0 Å². The molecule has 1 aromatic carbocycles. The van der Waals surface area contributed by atoms with Crippen molar-refractivity contribution in [2.75, 3.05) is 13.6 Å². The molecule has 1 aromatic heterocycles. The number of amides is 1. The summed E-state index contributed by atoms with van der Waals surface area (Å²) in [6.45, 7) is 5.82. The van der Waals surface area contributed by atoms with E-state index >= 15 is 0 Å². The van der Waals surface area contributed by atoms with E-state index in [1.165, 1.54) is 12.0 Å². The number of aromatic nitrogens is 1. The first-order valence-electron chi connectivity index (χ1n) is 9.07. The van der Waals surface area contributed by atoms with E-state index in [1.807, 2.05) is 35.2 Å². The number of hydrogen-bond acceptors (Lipinski definition) is 3. The van der Waals surface area contributed by atoms with E-state index in [1.54, 1.807) is 6.20 Å². The number of hydrogen-bond donors (Lipinski definition) is 0. The average Bonchev–Trinajstić information content (AvgIpc) is 3.06. The van der Waals surface area contributed by atoms with Gasteiger partial charge in [-0.2, -0.15) is 0 Å². The second-order valence-electron chi connectivity index (χ2n) is 7.13. The van der Waals surface area contributed by atoms with E-state index in [9.17, 15) is 4.79 Å². The minimum Gasteiger partial charge on any atom is -0.331 e. The number of nitrogens with zero attached hydrogens (tertiary/aromatic N) is 3.